The SMILES string of the molecule is CCc1ccc(-c2cnc(C(O)CN)[nH]2)cc1. The van der Waals surface area contributed by atoms with Gasteiger partial charge >= 0.3 is 0 Å². The summed E-state index contributed by atoms with van der Waals surface area (Å²) in [6.45, 7) is 2.29. The first-order valence-electron chi connectivity index (χ1n) is 5.77. The lowest BCUT2D eigenvalue weighted by atomic mass is 10.1. The van der Waals surface area contributed by atoms with Gasteiger partial charge in [-0.1, -0.05) is 31.2 Å². The average molecular weight is 231 g/mol. The molecule has 0 aliphatic carbocycles. The Morgan fingerprint density at radius 3 is 2.65 bits per heavy atom. The number of imidazole rings is 1. The van der Waals surface area contributed by atoms with Gasteiger partial charge in [0.2, 0.25) is 0 Å². The third-order valence-corrected chi connectivity index (χ3v) is 2.81. The first-order chi connectivity index (χ1) is 8.24. The van der Waals surface area contributed by atoms with E-state index in [4.69, 9.17) is 5.73 Å². The number of nitrogens with two attached hydrogens (primary N) is 1. The van der Waals surface area contributed by atoms with Gasteiger partial charge in [-0.25, -0.2) is 4.98 Å². The van der Waals surface area contributed by atoms with Crippen LogP contribution in [0.1, 0.15) is 24.4 Å². The standard InChI is InChI=1S/C13H17N3O/c1-2-9-3-5-10(6-4-9)11-8-15-13(16-11)12(17)7-14/h3-6,8,12,17H,2,7,14H2,1H3,(H,15,16). The Bertz CT molecular complexity index is 476. The van der Waals surface area contributed by atoms with Gasteiger partial charge in [-0.15, -0.1) is 0 Å². The van der Waals surface area contributed by atoms with Crippen LogP contribution in [0.4, 0.5) is 0 Å². The average Bonchev–Trinajstić information content (AvgIpc) is 2.87. The molecule has 1 aromatic heterocycles. The summed E-state index contributed by atoms with van der Waals surface area (Å²) in [6.07, 6.45) is 2.02. The summed E-state index contributed by atoms with van der Waals surface area (Å²) < 4.78 is 0. The Hall–Kier alpha value is -1.65. The minimum atomic E-state index is -0.723. The molecule has 0 radical (unpaired) electrons. The normalized spacial score (nSPS) is 12.6. The molecule has 0 saturated carbocycles. The van der Waals surface area contributed by atoms with E-state index in [2.05, 4.69) is 29.0 Å². The fraction of sp³-hybridized carbons (Fsp3) is 0.308. The van der Waals surface area contributed by atoms with Crippen LogP contribution in [0.2, 0.25) is 0 Å². The number of benzene rings is 1. The second-order valence-corrected chi connectivity index (χ2v) is 3.98. The van der Waals surface area contributed by atoms with E-state index in [-0.39, 0.29) is 6.54 Å². The Morgan fingerprint density at radius 1 is 1.35 bits per heavy atom. The minimum absolute atomic E-state index is 0.168. The van der Waals surface area contributed by atoms with Crippen molar-refractivity contribution in [3.05, 3.63) is 41.9 Å². The van der Waals surface area contributed by atoms with Crippen molar-refractivity contribution in [3.8, 4) is 11.3 Å². The second kappa shape index (κ2) is 5.12. The zero-order valence-corrected chi connectivity index (χ0v) is 9.85. The number of aliphatic hydroxyl groups excluding tert-OH is 1. The second-order valence-electron chi connectivity index (χ2n) is 3.98. The molecule has 4 nitrogen and oxygen atoms in total. The summed E-state index contributed by atoms with van der Waals surface area (Å²) in [5.41, 5.74) is 8.64. The predicted octanol–water partition coefficient (Wildman–Crippen LogP) is 1.63. The Morgan fingerprint density at radius 2 is 2.06 bits per heavy atom. The Kier molecular flexibility index (Phi) is 3.56. The number of H-pyrrole nitrogens is 1. The van der Waals surface area contributed by atoms with Gasteiger partial charge in [-0.3, -0.25) is 0 Å². The fourth-order valence-corrected chi connectivity index (χ4v) is 1.68. The maximum Gasteiger partial charge on any atom is 0.136 e. The lowest BCUT2D eigenvalue weighted by Gasteiger charge is -2.03. The fourth-order valence-electron chi connectivity index (χ4n) is 1.68. The molecule has 0 fully saturated rings. The molecule has 0 aliphatic heterocycles. The van der Waals surface area contributed by atoms with Gasteiger partial charge in [0, 0.05) is 6.54 Å². The van der Waals surface area contributed by atoms with Gasteiger partial charge in [-0.2, -0.15) is 0 Å². The lowest BCUT2D eigenvalue weighted by molar-refractivity contribution is 0.177. The number of aliphatic hydroxyl groups is 1. The van der Waals surface area contributed by atoms with Crippen LogP contribution in [0.15, 0.2) is 30.5 Å². The molecule has 17 heavy (non-hydrogen) atoms. The molecule has 1 unspecified atom stereocenters. The highest BCUT2D eigenvalue weighted by Gasteiger charge is 2.10. The molecule has 2 aromatic rings. The van der Waals surface area contributed by atoms with Crippen molar-refractivity contribution < 1.29 is 5.11 Å². The zero-order valence-electron chi connectivity index (χ0n) is 9.85. The Labute approximate surface area is 101 Å². The minimum Gasteiger partial charge on any atom is -0.384 e. The molecule has 0 bridgehead atoms. The molecule has 0 amide bonds. The molecule has 1 heterocycles. The van der Waals surface area contributed by atoms with Gasteiger partial charge in [0.05, 0.1) is 11.9 Å². The first kappa shape index (κ1) is 11.8. The van der Waals surface area contributed by atoms with Crippen molar-refractivity contribution in [2.24, 2.45) is 5.73 Å². The van der Waals surface area contributed by atoms with E-state index in [1.807, 2.05) is 12.1 Å². The topological polar surface area (TPSA) is 74.9 Å². The number of aromatic nitrogens is 2. The quantitative estimate of drug-likeness (QED) is 0.748. The molecule has 4 N–H and O–H groups in total. The monoisotopic (exact) mass is 231 g/mol. The van der Waals surface area contributed by atoms with Crippen molar-refractivity contribution in [3.63, 3.8) is 0 Å². The van der Waals surface area contributed by atoms with E-state index in [0.29, 0.717) is 5.82 Å². The highest BCUT2D eigenvalue weighted by molar-refractivity contribution is 5.58. The van der Waals surface area contributed by atoms with Gasteiger partial charge in [0.1, 0.15) is 11.9 Å². The number of hydrogen-bond donors (Lipinski definition) is 3. The van der Waals surface area contributed by atoms with Crippen LogP contribution in [0.5, 0.6) is 0 Å². The van der Waals surface area contributed by atoms with Gasteiger partial charge < -0.3 is 15.8 Å². The first-order valence-corrected chi connectivity index (χ1v) is 5.77. The lowest BCUT2D eigenvalue weighted by Crippen LogP contribution is -2.12. The number of rotatable bonds is 4. The van der Waals surface area contributed by atoms with Crippen LogP contribution in [0.25, 0.3) is 11.3 Å². The van der Waals surface area contributed by atoms with Gasteiger partial charge in [-0.05, 0) is 17.5 Å². The van der Waals surface area contributed by atoms with E-state index >= 15 is 0 Å². The third-order valence-electron chi connectivity index (χ3n) is 2.81. The molecule has 90 valence electrons. The number of nitrogens with one attached hydrogen (secondary N) is 1. The number of nitrogens with zero attached hydrogens (tertiary/aromatic N) is 1. The number of hydrogen-bond acceptors (Lipinski definition) is 3. The molecular weight excluding hydrogens is 214 g/mol. The van der Waals surface area contributed by atoms with E-state index in [1.54, 1.807) is 6.20 Å². The summed E-state index contributed by atoms with van der Waals surface area (Å²) in [5, 5.41) is 9.55. The molecular formula is C13H17N3O. The highest BCUT2D eigenvalue weighted by Crippen LogP contribution is 2.19. The maximum atomic E-state index is 9.55. The molecule has 0 aliphatic rings. The maximum absolute atomic E-state index is 9.55. The van der Waals surface area contributed by atoms with Crippen LogP contribution in [0.3, 0.4) is 0 Å². The third kappa shape index (κ3) is 2.54. The van der Waals surface area contributed by atoms with Crippen LogP contribution in [0, 0.1) is 0 Å². The van der Waals surface area contributed by atoms with Crippen molar-refractivity contribution in [1.29, 1.82) is 0 Å². The van der Waals surface area contributed by atoms with Crippen molar-refractivity contribution >= 4 is 0 Å². The molecule has 1 atom stereocenters. The van der Waals surface area contributed by atoms with Crippen LogP contribution in [-0.4, -0.2) is 21.6 Å². The van der Waals surface area contributed by atoms with Crippen molar-refractivity contribution in [2.45, 2.75) is 19.4 Å². The van der Waals surface area contributed by atoms with E-state index in [0.717, 1.165) is 17.7 Å². The van der Waals surface area contributed by atoms with Crippen LogP contribution < -0.4 is 5.73 Å². The molecule has 1 aromatic carbocycles. The molecule has 2 rings (SSSR count). The summed E-state index contributed by atoms with van der Waals surface area (Å²) in [4.78, 5) is 7.20. The smallest absolute Gasteiger partial charge is 0.136 e. The number of aryl methyl sites for hydroxylation is 1. The van der Waals surface area contributed by atoms with Gasteiger partial charge in [0.15, 0.2) is 0 Å². The zero-order chi connectivity index (χ0) is 12.3. The summed E-state index contributed by atoms with van der Waals surface area (Å²) >= 11 is 0. The molecule has 0 saturated heterocycles. The number of aromatic amines is 1. The van der Waals surface area contributed by atoms with Crippen LogP contribution >= 0.6 is 0 Å². The summed E-state index contributed by atoms with van der Waals surface area (Å²) in [7, 11) is 0. The predicted molar refractivity (Wildman–Crippen MR) is 67.4 cm³/mol. The Balaban J connectivity index is 2.24. The van der Waals surface area contributed by atoms with E-state index in [1.165, 1.54) is 5.56 Å². The van der Waals surface area contributed by atoms with Gasteiger partial charge in [0.25, 0.3) is 0 Å². The van der Waals surface area contributed by atoms with Crippen molar-refractivity contribution in [1.82, 2.24) is 9.97 Å². The summed E-state index contributed by atoms with van der Waals surface area (Å²) in [6, 6.07) is 8.28. The highest BCUT2D eigenvalue weighted by atomic mass is 16.3. The molecule has 0 spiro atoms. The molecule has 4 heteroatoms. The van der Waals surface area contributed by atoms with E-state index < -0.39 is 6.10 Å². The largest absolute Gasteiger partial charge is 0.384 e. The van der Waals surface area contributed by atoms with E-state index in [9.17, 15) is 5.11 Å². The summed E-state index contributed by atoms with van der Waals surface area (Å²) in [5.74, 6) is 0.516. The van der Waals surface area contributed by atoms with Crippen LogP contribution in [-0.2, 0) is 6.42 Å². The van der Waals surface area contributed by atoms with Crippen molar-refractivity contribution in [2.75, 3.05) is 6.54 Å².